The highest BCUT2D eigenvalue weighted by atomic mass is 16.5. The Morgan fingerprint density at radius 2 is 1.82 bits per heavy atom. The number of amides is 2. The summed E-state index contributed by atoms with van der Waals surface area (Å²) in [6.07, 6.45) is 3.65. The van der Waals surface area contributed by atoms with Crippen LogP contribution in [0.25, 0.3) is 0 Å². The fourth-order valence-corrected chi connectivity index (χ4v) is 5.43. The van der Waals surface area contributed by atoms with Crippen LogP contribution >= 0.6 is 0 Å². The molecule has 2 amide bonds. The Hall–Kier alpha value is -3.59. The van der Waals surface area contributed by atoms with Gasteiger partial charge in [-0.05, 0) is 54.2 Å². The molecule has 1 saturated heterocycles. The van der Waals surface area contributed by atoms with Crippen molar-refractivity contribution in [3.05, 3.63) is 53.1 Å². The average molecular weight is 523 g/mol. The number of imide groups is 1. The van der Waals surface area contributed by atoms with Crippen molar-refractivity contribution in [2.75, 3.05) is 33.4 Å². The molecular weight excluding hydrogens is 488 g/mol. The standard InChI is InChI=1S/C29H34N2O7/c1-36-26-15-20(3-5-25(26)38-13-11-31-27(32)6-7-28(31)33)18-30(23-16-22(17-23)29(34)35)10-8-19-2-4-24-21(14-19)9-12-37-24/h2-5,14-15,22-23H,6-13,16-18H2,1H3,(H,34,35). The van der Waals surface area contributed by atoms with E-state index in [0.29, 0.717) is 30.9 Å². The van der Waals surface area contributed by atoms with Gasteiger partial charge in [0, 0.05) is 38.4 Å². The van der Waals surface area contributed by atoms with Crippen molar-refractivity contribution >= 4 is 17.8 Å². The number of carbonyl (C=O) groups is 3. The zero-order valence-corrected chi connectivity index (χ0v) is 21.7. The topological polar surface area (TPSA) is 106 Å². The third-order valence-electron chi connectivity index (χ3n) is 7.76. The number of hydrogen-bond donors (Lipinski definition) is 1. The highest BCUT2D eigenvalue weighted by Crippen LogP contribution is 2.35. The Bertz CT molecular complexity index is 1190. The third-order valence-corrected chi connectivity index (χ3v) is 7.76. The Balaban J connectivity index is 1.23. The lowest BCUT2D eigenvalue weighted by Crippen LogP contribution is -2.47. The highest BCUT2D eigenvalue weighted by molar-refractivity contribution is 6.01. The molecule has 2 aromatic carbocycles. The van der Waals surface area contributed by atoms with Crippen molar-refractivity contribution in [1.82, 2.24) is 9.80 Å². The van der Waals surface area contributed by atoms with Crippen LogP contribution in [0.2, 0.25) is 0 Å². The van der Waals surface area contributed by atoms with E-state index in [-0.39, 0.29) is 49.8 Å². The van der Waals surface area contributed by atoms with E-state index in [1.807, 2.05) is 24.3 Å². The van der Waals surface area contributed by atoms with Crippen LogP contribution in [0.5, 0.6) is 17.2 Å². The number of fused-ring (bicyclic) bond motifs is 1. The van der Waals surface area contributed by atoms with E-state index in [0.717, 1.165) is 37.3 Å². The van der Waals surface area contributed by atoms with Gasteiger partial charge in [-0.2, -0.15) is 0 Å². The Kier molecular flexibility index (Phi) is 7.83. The number of rotatable bonds is 12. The van der Waals surface area contributed by atoms with E-state index >= 15 is 0 Å². The normalized spacial score (nSPS) is 20.3. The first-order valence-electron chi connectivity index (χ1n) is 13.3. The Morgan fingerprint density at radius 3 is 2.55 bits per heavy atom. The number of likely N-dealkylation sites (tertiary alicyclic amines) is 1. The van der Waals surface area contributed by atoms with Crippen molar-refractivity contribution < 1.29 is 33.7 Å². The fraction of sp³-hybridized carbons (Fsp3) is 0.483. The predicted molar refractivity (Wildman–Crippen MR) is 138 cm³/mol. The molecule has 2 aliphatic heterocycles. The summed E-state index contributed by atoms with van der Waals surface area (Å²) in [5.41, 5.74) is 3.55. The summed E-state index contributed by atoms with van der Waals surface area (Å²) in [6.45, 7) is 2.63. The average Bonchev–Trinajstić information content (AvgIpc) is 3.47. The second-order valence-electron chi connectivity index (χ2n) is 10.2. The van der Waals surface area contributed by atoms with Crippen LogP contribution < -0.4 is 14.2 Å². The fourth-order valence-electron chi connectivity index (χ4n) is 5.43. The molecule has 1 aliphatic carbocycles. The molecule has 0 aromatic heterocycles. The number of aliphatic carboxylic acids is 1. The minimum absolute atomic E-state index is 0.157. The lowest BCUT2D eigenvalue weighted by Gasteiger charge is -2.41. The number of carbonyl (C=O) groups excluding carboxylic acids is 2. The van der Waals surface area contributed by atoms with Gasteiger partial charge in [-0.1, -0.05) is 18.2 Å². The molecule has 1 N–H and O–H groups in total. The minimum atomic E-state index is -0.722. The van der Waals surface area contributed by atoms with E-state index in [1.54, 1.807) is 7.11 Å². The molecule has 38 heavy (non-hydrogen) atoms. The molecule has 0 unspecified atom stereocenters. The van der Waals surface area contributed by atoms with Gasteiger partial charge in [-0.15, -0.1) is 0 Å². The summed E-state index contributed by atoms with van der Waals surface area (Å²) in [5.74, 6) is 0.793. The van der Waals surface area contributed by atoms with Crippen molar-refractivity contribution in [1.29, 1.82) is 0 Å². The van der Waals surface area contributed by atoms with E-state index in [2.05, 4.69) is 17.0 Å². The zero-order valence-electron chi connectivity index (χ0n) is 21.7. The summed E-state index contributed by atoms with van der Waals surface area (Å²) in [7, 11) is 1.58. The van der Waals surface area contributed by atoms with Crippen molar-refractivity contribution in [2.24, 2.45) is 5.92 Å². The number of carboxylic acid groups (broad SMARTS) is 1. The number of benzene rings is 2. The highest BCUT2D eigenvalue weighted by Gasteiger charge is 2.38. The van der Waals surface area contributed by atoms with Crippen LogP contribution in [0.15, 0.2) is 36.4 Å². The van der Waals surface area contributed by atoms with Crippen LogP contribution in [0.4, 0.5) is 0 Å². The van der Waals surface area contributed by atoms with E-state index in [4.69, 9.17) is 14.2 Å². The van der Waals surface area contributed by atoms with E-state index in [9.17, 15) is 19.5 Å². The SMILES string of the molecule is COc1cc(CN(CCc2ccc3c(c2)CCO3)C2CC(C(=O)O)C2)ccc1OCCN1C(=O)CCC1=O. The summed E-state index contributed by atoms with van der Waals surface area (Å²) >= 11 is 0. The molecule has 9 heteroatoms. The summed E-state index contributed by atoms with van der Waals surface area (Å²) in [5, 5.41) is 9.39. The van der Waals surface area contributed by atoms with Gasteiger partial charge in [0.1, 0.15) is 12.4 Å². The molecule has 1 saturated carbocycles. The molecule has 3 aliphatic rings. The van der Waals surface area contributed by atoms with Gasteiger partial charge in [0.2, 0.25) is 11.8 Å². The monoisotopic (exact) mass is 522 g/mol. The lowest BCUT2D eigenvalue weighted by atomic mass is 9.79. The quantitative estimate of drug-likeness (QED) is 0.424. The first kappa shape index (κ1) is 26.0. The third kappa shape index (κ3) is 5.78. The maximum Gasteiger partial charge on any atom is 0.306 e. The van der Waals surface area contributed by atoms with Crippen LogP contribution in [0.1, 0.15) is 42.4 Å². The van der Waals surface area contributed by atoms with Gasteiger partial charge >= 0.3 is 5.97 Å². The van der Waals surface area contributed by atoms with Gasteiger partial charge in [-0.3, -0.25) is 24.2 Å². The molecule has 2 heterocycles. The molecule has 0 spiro atoms. The molecule has 0 bridgehead atoms. The number of ether oxygens (including phenoxy) is 3. The van der Waals surface area contributed by atoms with Crippen LogP contribution in [0.3, 0.4) is 0 Å². The van der Waals surface area contributed by atoms with Crippen molar-refractivity contribution in [3.8, 4) is 17.2 Å². The summed E-state index contributed by atoms with van der Waals surface area (Å²) < 4.78 is 17.0. The number of hydrogen-bond acceptors (Lipinski definition) is 7. The lowest BCUT2D eigenvalue weighted by molar-refractivity contribution is -0.147. The van der Waals surface area contributed by atoms with E-state index < -0.39 is 5.97 Å². The van der Waals surface area contributed by atoms with Gasteiger partial charge in [-0.25, -0.2) is 0 Å². The second kappa shape index (κ2) is 11.4. The molecule has 2 fully saturated rings. The Morgan fingerprint density at radius 1 is 1.05 bits per heavy atom. The second-order valence-corrected chi connectivity index (χ2v) is 10.2. The number of carboxylic acids is 1. The summed E-state index contributed by atoms with van der Waals surface area (Å²) in [6, 6.07) is 12.4. The smallest absolute Gasteiger partial charge is 0.306 e. The van der Waals surface area contributed by atoms with Gasteiger partial charge in [0.05, 0.1) is 26.2 Å². The minimum Gasteiger partial charge on any atom is -0.493 e. The van der Waals surface area contributed by atoms with Crippen molar-refractivity contribution in [2.45, 2.75) is 51.1 Å². The number of nitrogens with zero attached hydrogens (tertiary/aromatic N) is 2. The van der Waals surface area contributed by atoms with Gasteiger partial charge in [0.15, 0.2) is 11.5 Å². The molecule has 5 rings (SSSR count). The van der Waals surface area contributed by atoms with Crippen LogP contribution in [0, 0.1) is 5.92 Å². The number of methoxy groups -OCH3 is 1. The predicted octanol–water partition coefficient (Wildman–Crippen LogP) is 3.07. The van der Waals surface area contributed by atoms with Gasteiger partial charge < -0.3 is 19.3 Å². The Labute approximate surface area is 222 Å². The van der Waals surface area contributed by atoms with E-state index in [1.165, 1.54) is 16.0 Å². The summed E-state index contributed by atoms with van der Waals surface area (Å²) in [4.78, 5) is 38.7. The largest absolute Gasteiger partial charge is 0.493 e. The molecule has 202 valence electrons. The van der Waals surface area contributed by atoms with Gasteiger partial charge in [0.25, 0.3) is 0 Å². The molecule has 9 nitrogen and oxygen atoms in total. The van der Waals surface area contributed by atoms with Crippen LogP contribution in [-0.2, 0) is 33.8 Å². The molecular formula is C29H34N2O7. The first-order valence-corrected chi connectivity index (χ1v) is 13.3. The molecule has 0 atom stereocenters. The first-order chi connectivity index (χ1) is 18.4. The maximum atomic E-state index is 11.8. The zero-order chi connectivity index (χ0) is 26.6. The molecule has 0 radical (unpaired) electrons. The van der Waals surface area contributed by atoms with Crippen molar-refractivity contribution in [3.63, 3.8) is 0 Å². The molecule has 2 aromatic rings. The maximum absolute atomic E-state index is 11.8. The van der Waals surface area contributed by atoms with Crippen LogP contribution in [-0.4, -0.2) is 72.1 Å².